The predicted molar refractivity (Wildman–Crippen MR) is 160 cm³/mol. The molecule has 39 heavy (non-hydrogen) atoms. The van der Waals surface area contributed by atoms with Crippen LogP contribution < -0.4 is 9.62 Å². The van der Waals surface area contributed by atoms with Gasteiger partial charge in [-0.2, -0.15) is 0 Å². The topological polar surface area (TPSA) is 86.8 Å². The van der Waals surface area contributed by atoms with E-state index in [1.165, 1.54) is 17.0 Å². The van der Waals surface area contributed by atoms with Crippen LogP contribution in [-0.4, -0.2) is 44.3 Å². The van der Waals surface area contributed by atoms with E-state index >= 15 is 0 Å². The number of halogens is 3. The molecular formula is C28H30BrCl2N3O4S. The fourth-order valence-corrected chi connectivity index (χ4v) is 5.93. The smallest absolute Gasteiger partial charge is 0.264 e. The maximum absolute atomic E-state index is 13.9. The largest absolute Gasteiger partial charge is 0.354 e. The van der Waals surface area contributed by atoms with Gasteiger partial charge in [0.05, 0.1) is 10.6 Å². The minimum absolute atomic E-state index is 0.0195. The zero-order valence-electron chi connectivity index (χ0n) is 21.8. The molecule has 1 N–H and O–H groups in total. The molecule has 2 amide bonds. The molecule has 0 saturated carbocycles. The number of anilines is 1. The molecule has 0 spiro atoms. The molecule has 0 unspecified atom stereocenters. The summed E-state index contributed by atoms with van der Waals surface area (Å²) in [4.78, 5) is 28.2. The van der Waals surface area contributed by atoms with E-state index in [0.29, 0.717) is 27.8 Å². The molecule has 3 aromatic rings. The van der Waals surface area contributed by atoms with Gasteiger partial charge >= 0.3 is 0 Å². The number of amides is 2. The Bertz CT molecular complexity index is 1420. The van der Waals surface area contributed by atoms with Crippen LogP contribution in [0.1, 0.15) is 31.4 Å². The first kappa shape index (κ1) is 30.9. The maximum Gasteiger partial charge on any atom is 0.264 e. The molecule has 0 fully saturated rings. The van der Waals surface area contributed by atoms with Crippen molar-refractivity contribution in [2.75, 3.05) is 17.4 Å². The monoisotopic (exact) mass is 653 g/mol. The van der Waals surface area contributed by atoms with Gasteiger partial charge in [-0.15, -0.1) is 0 Å². The van der Waals surface area contributed by atoms with Crippen molar-refractivity contribution in [3.05, 3.63) is 92.4 Å². The number of carbonyl (C=O) groups is 2. The van der Waals surface area contributed by atoms with E-state index in [4.69, 9.17) is 23.2 Å². The van der Waals surface area contributed by atoms with Crippen LogP contribution in [-0.2, 0) is 26.2 Å². The zero-order chi connectivity index (χ0) is 28.7. The molecule has 0 aliphatic rings. The molecule has 0 saturated heterocycles. The first-order valence-electron chi connectivity index (χ1n) is 12.3. The summed E-state index contributed by atoms with van der Waals surface area (Å²) in [6, 6.07) is 17.0. The molecule has 208 valence electrons. The van der Waals surface area contributed by atoms with Gasteiger partial charge in [-0.1, -0.05) is 69.8 Å². The second-order valence-electron chi connectivity index (χ2n) is 9.03. The molecule has 0 radical (unpaired) electrons. The van der Waals surface area contributed by atoms with E-state index in [1.807, 2.05) is 13.8 Å². The quantitative estimate of drug-likeness (QED) is 0.267. The highest BCUT2D eigenvalue weighted by Gasteiger charge is 2.32. The number of hydrogen-bond acceptors (Lipinski definition) is 4. The minimum atomic E-state index is -4.13. The van der Waals surface area contributed by atoms with E-state index in [1.54, 1.807) is 61.5 Å². The summed E-state index contributed by atoms with van der Waals surface area (Å²) in [5.41, 5.74) is 1.78. The lowest BCUT2D eigenvalue weighted by Gasteiger charge is -2.32. The molecule has 1 atom stereocenters. The van der Waals surface area contributed by atoms with Crippen LogP contribution in [0.5, 0.6) is 0 Å². The molecular weight excluding hydrogens is 625 g/mol. The number of sulfonamides is 1. The summed E-state index contributed by atoms with van der Waals surface area (Å²) in [5, 5.41) is 3.57. The summed E-state index contributed by atoms with van der Waals surface area (Å²) >= 11 is 15.8. The van der Waals surface area contributed by atoms with E-state index in [9.17, 15) is 18.0 Å². The van der Waals surface area contributed by atoms with Gasteiger partial charge < -0.3 is 10.2 Å². The van der Waals surface area contributed by atoms with Gasteiger partial charge in [-0.25, -0.2) is 8.42 Å². The molecule has 0 aliphatic carbocycles. The second-order valence-corrected chi connectivity index (χ2v) is 12.6. The van der Waals surface area contributed by atoms with Crippen LogP contribution in [0.25, 0.3) is 0 Å². The SMILES string of the molecule is CCCNC(=O)[C@@H](C)N(Cc1ccc(Cl)cc1Cl)C(=O)CN(c1ccc(Br)cc1)S(=O)(=O)c1ccc(C)cc1. The van der Waals surface area contributed by atoms with Crippen molar-refractivity contribution in [3.8, 4) is 0 Å². The van der Waals surface area contributed by atoms with Crippen LogP contribution >= 0.6 is 39.1 Å². The molecule has 3 rings (SSSR count). The zero-order valence-corrected chi connectivity index (χ0v) is 25.7. The summed E-state index contributed by atoms with van der Waals surface area (Å²) in [7, 11) is -4.13. The molecule has 7 nitrogen and oxygen atoms in total. The summed E-state index contributed by atoms with van der Waals surface area (Å²) in [5.74, 6) is -0.925. The fourth-order valence-electron chi connectivity index (χ4n) is 3.79. The van der Waals surface area contributed by atoms with Gasteiger partial charge in [0, 0.05) is 27.6 Å². The van der Waals surface area contributed by atoms with Crippen LogP contribution in [0.4, 0.5) is 5.69 Å². The number of nitrogens with zero attached hydrogens (tertiary/aromatic N) is 2. The van der Waals surface area contributed by atoms with Gasteiger partial charge in [0.1, 0.15) is 12.6 Å². The number of carbonyl (C=O) groups excluding carboxylic acids is 2. The molecule has 0 heterocycles. The Morgan fingerprint density at radius 3 is 2.23 bits per heavy atom. The average Bonchev–Trinajstić information content (AvgIpc) is 2.90. The van der Waals surface area contributed by atoms with E-state index in [0.717, 1.165) is 20.8 Å². The number of hydrogen-bond donors (Lipinski definition) is 1. The van der Waals surface area contributed by atoms with Gasteiger partial charge in [-0.3, -0.25) is 13.9 Å². The van der Waals surface area contributed by atoms with E-state index in [2.05, 4.69) is 21.2 Å². The van der Waals surface area contributed by atoms with Gasteiger partial charge in [-0.05, 0) is 74.4 Å². The maximum atomic E-state index is 13.9. The predicted octanol–water partition coefficient (Wildman–Crippen LogP) is 6.20. The average molecular weight is 655 g/mol. The summed E-state index contributed by atoms with van der Waals surface area (Å²) in [6.45, 7) is 5.28. The normalized spacial score (nSPS) is 12.1. The Hall–Kier alpha value is -2.59. The Morgan fingerprint density at radius 2 is 1.64 bits per heavy atom. The third-order valence-electron chi connectivity index (χ3n) is 6.07. The van der Waals surface area contributed by atoms with Gasteiger partial charge in [0.2, 0.25) is 11.8 Å². The lowest BCUT2D eigenvalue weighted by molar-refractivity contribution is -0.139. The van der Waals surface area contributed by atoms with Crippen LogP contribution in [0.2, 0.25) is 10.0 Å². The molecule has 0 aliphatic heterocycles. The van der Waals surface area contributed by atoms with Crippen LogP contribution in [0, 0.1) is 6.92 Å². The Morgan fingerprint density at radius 1 is 1.00 bits per heavy atom. The number of nitrogens with one attached hydrogen (secondary N) is 1. The first-order chi connectivity index (χ1) is 18.4. The Kier molecular flexibility index (Phi) is 10.8. The molecule has 11 heteroatoms. The molecule has 3 aromatic carbocycles. The van der Waals surface area contributed by atoms with E-state index in [-0.39, 0.29) is 17.3 Å². The fraction of sp³-hybridized carbons (Fsp3) is 0.286. The number of rotatable bonds is 11. The van der Waals surface area contributed by atoms with Gasteiger partial charge in [0.25, 0.3) is 10.0 Å². The van der Waals surface area contributed by atoms with Crippen molar-refractivity contribution < 1.29 is 18.0 Å². The minimum Gasteiger partial charge on any atom is -0.354 e. The highest BCUT2D eigenvalue weighted by Crippen LogP contribution is 2.27. The molecule has 0 aromatic heterocycles. The van der Waals surface area contributed by atoms with Crippen molar-refractivity contribution >= 4 is 66.7 Å². The number of benzene rings is 3. The van der Waals surface area contributed by atoms with Crippen LogP contribution in [0.3, 0.4) is 0 Å². The van der Waals surface area contributed by atoms with Crippen molar-refractivity contribution in [2.45, 2.75) is 44.7 Å². The summed E-state index contributed by atoms with van der Waals surface area (Å²) in [6.07, 6.45) is 0.724. The van der Waals surface area contributed by atoms with E-state index < -0.39 is 28.5 Å². The third kappa shape index (κ3) is 7.97. The third-order valence-corrected chi connectivity index (χ3v) is 8.98. The van der Waals surface area contributed by atoms with Crippen molar-refractivity contribution in [1.29, 1.82) is 0 Å². The summed E-state index contributed by atoms with van der Waals surface area (Å²) < 4.78 is 29.4. The standard InChI is InChI=1S/C28H30BrCl2N3O4S/c1-4-15-32-28(36)20(3)33(17-21-7-10-23(30)16-26(21)31)27(35)18-34(24-11-8-22(29)9-12-24)39(37,38)25-13-5-19(2)6-14-25/h5-14,16,20H,4,15,17-18H2,1-3H3,(H,32,36)/t20-/m1/s1. The van der Waals surface area contributed by atoms with Crippen molar-refractivity contribution in [2.24, 2.45) is 0 Å². The first-order valence-corrected chi connectivity index (χ1v) is 15.3. The highest BCUT2D eigenvalue weighted by atomic mass is 79.9. The second kappa shape index (κ2) is 13.7. The van der Waals surface area contributed by atoms with Crippen molar-refractivity contribution in [3.63, 3.8) is 0 Å². The van der Waals surface area contributed by atoms with Crippen LogP contribution in [0.15, 0.2) is 76.1 Å². The number of aryl methyl sites for hydroxylation is 1. The lowest BCUT2D eigenvalue weighted by Crippen LogP contribution is -2.51. The lowest BCUT2D eigenvalue weighted by atomic mass is 10.1. The van der Waals surface area contributed by atoms with Gasteiger partial charge in [0.15, 0.2) is 0 Å². The van der Waals surface area contributed by atoms with Crippen molar-refractivity contribution in [1.82, 2.24) is 10.2 Å². The Labute approximate surface area is 248 Å². The Balaban J connectivity index is 2.03. The highest BCUT2D eigenvalue weighted by molar-refractivity contribution is 9.10. The molecule has 0 bridgehead atoms.